The number of hydrogen-bond donors (Lipinski definition) is 0. The van der Waals surface area contributed by atoms with Crippen molar-refractivity contribution >= 4 is 41.6 Å². The van der Waals surface area contributed by atoms with Crippen molar-refractivity contribution in [3.63, 3.8) is 0 Å². The van der Waals surface area contributed by atoms with Gasteiger partial charge in [-0.1, -0.05) is 0 Å². The summed E-state index contributed by atoms with van der Waals surface area (Å²) in [6.07, 6.45) is 3.50. The molecule has 11 heteroatoms. The first-order chi connectivity index (χ1) is 16.4. The van der Waals surface area contributed by atoms with Crippen molar-refractivity contribution in [1.82, 2.24) is 14.5 Å². The molecule has 2 aromatic rings. The molecule has 196 valence electrons. The molecular weight excluding hydrogens is 463 g/mol. The monoisotopic (exact) mass is 500 g/mol. The van der Waals surface area contributed by atoms with Gasteiger partial charge in [0.25, 0.3) is 0 Å². The van der Waals surface area contributed by atoms with E-state index < -0.39 is 41.7 Å². The van der Waals surface area contributed by atoms with Gasteiger partial charge in [-0.3, -0.25) is 0 Å². The molecule has 1 aliphatic heterocycles. The molecule has 3 heterocycles. The fraction of sp³-hybridized carbons (Fsp3) is 0.680. The minimum Gasteiger partial charge on any atom is -0.443 e. The van der Waals surface area contributed by atoms with Crippen molar-refractivity contribution in [3.05, 3.63) is 12.5 Å². The molecule has 0 atom stereocenters. The van der Waals surface area contributed by atoms with Crippen LogP contribution in [-0.2, 0) is 18.8 Å². The highest BCUT2D eigenvalue weighted by molar-refractivity contribution is 6.65. The van der Waals surface area contributed by atoms with E-state index in [0.717, 1.165) is 17.7 Å². The Balaban J connectivity index is 1.91. The summed E-state index contributed by atoms with van der Waals surface area (Å²) in [6, 6.07) is 0.267. The average molecular weight is 500 g/mol. The lowest BCUT2D eigenvalue weighted by Crippen LogP contribution is -2.45. The van der Waals surface area contributed by atoms with Gasteiger partial charge in [0.05, 0.1) is 16.6 Å². The molecule has 2 amide bonds. The van der Waals surface area contributed by atoms with Crippen LogP contribution in [0.1, 0.15) is 88.1 Å². The number of imide groups is 1. The number of carbonyl (C=O) groups is 2. The lowest BCUT2D eigenvalue weighted by Gasteiger charge is -2.32. The fourth-order valence-electron chi connectivity index (χ4n) is 3.91. The molecule has 0 bridgehead atoms. The minimum atomic E-state index is -0.893. The number of hydrogen-bond acceptors (Lipinski definition) is 8. The molecule has 1 saturated heterocycles. The highest BCUT2D eigenvalue weighted by Crippen LogP contribution is 2.41. The first kappa shape index (κ1) is 26.4. The maximum Gasteiger partial charge on any atom is 0.497 e. The summed E-state index contributed by atoms with van der Waals surface area (Å²) in [6.45, 7) is 18.3. The summed E-state index contributed by atoms with van der Waals surface area (Å²) in [7, 11) is -0.749. The Morgan fingerprint density at radius 3 is 1.92 bits per heavy atom. The second-order valence-electron chi connectivity index (χ2n) is 12.5. The van der Waals surface area contributed by atoms with E-state index in [9.17, 15) is 9.59 Å². The van der Waals surface area contributed by atoms with Crippen molar-refractivity contribution in [1.29, 1.82) is 0 Å². The molecule has 2 aromatic heterocycles. The van der Waals surface area contributed by atoms with E-state index in [1.54, 1.807) is 41.5 Å². The first-order valence-corrected chi connectivity index (χ1v) is 12.4. The number of carbonyl (C=O) groups excluding carboxylic acids is 2. The van der Waals surface area contributed by atoms with Crippen LogP contribution in [0.2, 0.25) is 0 Å². The zero-order chi connectivity index (χ0) is 26.8. The Hall–Kier alpha value is -2.66. The SMILES string of the molecule is CC(C)(C)OC(=O)N(C(=O)OC(C)(C)C)c1ncnc2c1c(B1OC(C)(C)C(C)(C)O1)cn2C1CC1. The number of fused-ring (bicyclic) bond motifs is 1. The smallest absolute Gasteiger partial charge is 0.443 e. The first-order valence-electron chi connectivity index (χ1n) is 12.4. The summed E-state index contributed by atoms with van der Waals surface area (Å²) >= 11 is 0. The van der Waals surface area contributed by atoms with Gasteiger partial charge in [0.1, 0.15) is 23.2 Å². The molecule has 36 heavy (non-hydrogen) atoms. The summed E-state index contributed by atoms with van der Waals surface area (Å²) in [4.78, 5) is 36.6. The third kappa shape index (κ3) is 5.08. The van der Waals surface area contributed by atoms with Crippen LogP contribution in [0, 0.1) is 0 Å². The van der Waals surface area contributed by atoms with E-state index in [-0.39, 0.29) is 11.9 Å². The number of aromatic nitrogens is 3. The summed E-state index contributed by atoms with van der Waals surface area (Å²) in [5, 5.41) is 0.486. The molecule has 10 nitrogen and oxygen atoms in total. The van der Waals surface area contributed by atoms with Gasteiger partial charge < -0.3 is 23.3 Å². The third-order valence-corrected chi connectivity index (χ3v) is 6.43. The fourth-order valence-corrected chi connectivity index (χ4v) is 3.91. The van der Waals surface area contributed by atoms with Crippen LogP contribution < -0.4 is 10.4 Å². The van der Waals surface area contributed by atoms with Gasteiger partial charge in [0.2, 0.25) is 0 Å². The molecule has 2 aliphatic rings. The molecular formula is C25H37BN4O6. The average Bonchev–Trinajstić information content (AvgIpc) is 3.39. The Morgan fingerprint density at radius 1 is 0.972 bits per heavy atom. The largest absolute Gasteiger partial charge is 0.497 e. The van der Waals surface area contributed by atoms with E-state index in [0.29, 0.717) is 16.5 Å². The number of anilines is 1. The van der Waals surface area contributed by atoms with Crippen molar-refractivity contribution in [2.75, 3.05) is 4.90 Å². The number of amides is 2. The lowest BCUT2D eigenvalue weighted by atomic mass is 9.79. The number of nitrogens with zero attached hydrogens (tertiary/aromatic N) is 4. The van der Waals surface area contributed by atoms with Crippen LogP contribution in [0.3, 0.4) is 0 Å². The molecule has 4 rings (SSSR count). The predicted octanol–water partition coefficient (Wildman–Crippen LogP) is 4.74. The Labute approximate surface area is 212 Å². The second kappa shape index (κ2) is 8.44. The van der Waals surface area contributed by atoms with E-state index in [2.05, 4.69) is 9.97 Å². The van der Waals surface area contributed by atoms with Gasteiger partial charge in [-0.15, -0.1) is 0 Å². The van der Waals surface area contributed by atoms with Crippen LogP contribution in [0.5, 0.6) is 0 Å². The molecule has 0 spiro atoms. The van der Waals surface area contributed by atoms with Crippen molar-refractivity contribution in [3.8, 4) is 0 Å². The van der Waals surface area contributed by atoms with Crippen molar-refractivity contribution < 1.29 is 28.4 Å². The van der Waals surface area contributed by atoms with Crippen LogP contribution in [-0.4, -0.2) is 56.2 Å². The van der Waals surface area contributed by atoms with Gasteiger partial charge in [0.15, 0.2) is 5.82 Å². The molecule has 0 aromatic carbocycles. The van der Waals surface area contributed by atoms with E-state index >= 15 is 0 Å². The Bertz CT molecular complexity index is 1150. The zero-order valence-electron chi connectivity index (χ0n) is 23.0. The quantitative estimate of drug-likeness (QED) is 0.557. The number of ether oxygens (including phenoxy) is 2. The normalized spacial score (nSPS) is 19.4. The number of rotatable bonds is 3. The standard InChI is InChI=1S/C25H37BN4O6/c1-22(2,3)33-20(31)30(21(32)34-23(4,5)6)19-17-16(26-35-24(7,8)25(9,10)36-26)13-29(15-11-12-15)18(17)27-14-28-19/h13-15H,11-12H2,1-10H3. The van der Waals surface area contributed by atoms with Crippen molar-refractivity contribution in [2.45, 2.75) is 111 Å². The maximum absolute atomic E-state index is 13.4. The van der Waals surface area contributed by atoms with Crippen molar-refractivity contribution in [2.24, 2.45) is 0 Å². The molecule has 1 saturated carbocycles. The second-order valence-corrected chi connectivity index (χ2v) is 12.5. The molecule has 0 radical (unpaired) electrons. The van der Waals surface area contributed by atoms with Crippen LogP contribution >= 0.6 is 0 Å². The van der Waals surface area contributed by atoms with Crippen LogP contribution in [0.4, 0.5) is 15.4 Å². The molecule has 0 N–H and O–H groups in total. The van der Waals surface area contributed by atoms with Gasteiger partial charge in [0, 0.05) is 17.7 Å². The highest BCUT2D eigenvalue weighted by Gasteiger charge is 2.53. The summed E-state index contributed by atoms with van der Waals surface area (Å²) in [5.41, 5.74) is -1.64. The van der Waals surface area contributed by atoms with E-state index in [1.165, 1.54) is 6.33 Å². The molecule has 1 aliphatic carbocycles. The van der Waals surface area contributed by atoms with Gasteiger partial charge in [-0.05, 0) is 82.1 Å². The van der Waals surface area contributed by atoms with E-state index in [4.69, 9.17) is 18.8 Å². The minimum absolute atomic E-state index is 0.0626. The zero-order valence-corrected chi connectivity index (χ0v) is 23.0. The third-order valence-electron chi connectivity index (χ3n) is 6.43. The molecule has 0 unspecified atom stereocenters. The maximum atomic E-state index is 13.4. The van der Waals surface area contributed by atoms with Gasteiger partial charge in [-0.2, -0.15) is 4.90 Å². The van der Waals surface area contributed by atoms with E-state index in [1.807, 2.05) is 38.5 Å². The summed E-state index contributed by atoms with van der Waals surface area (Å²) in [5.74, 6) is 0.0626. The Morgan fingerprint density at radius 2 is 1.47 bits per heavy atom. The Kier molecular flexibility index (Phi) is 6.19. The van der Waals surface area contributed by atoms with Crippen LogP contribution in [0.15, 0.2) is 12.5 Å². The predicted molar refractivity (Wildman–Crippen MR) is 136 cm³/mol. The highest BCUT2D eigenvalue weighted by atomic mass is 16.7. The topological polar surface area (TPSA) is 105 Å². The lowest BCUT2D eigenvalue weighted by molar-refractivity contribution is 0.00578. The van der Waals surface area contributed by atoms with Gasteiger partial charge in [-0.25, -0.2) is 19.6 Å². The van der Waals surface area contributed by atoms with Gasteiger partial charge >= 0.3 is 19.3 Å². The summed E-state index contributed by atoms with van der Waals surface area (Å²) < 4.78 is 25.9. The molecule has 2 fully saturated rings. The van der Waals surface area contributed by atoms with Crippen LogP contribution in [0.25, 0.3) is 11.0 Å².